The van der Waals surface area contributed by atoms with Crippen molar-refractivity contribution in [3.8, 4) is 0 Å². The number of carbonyl (C=O) groups is 1. The van der Waals surface area contributed by atoms with Gasteiger partial charge in [-0.25, -0.2) is 22.2 Å². The van der Waals surface area contributed by atoms with Gasteiger partial charge < -0.3 is 0 Å². The molecule has 0 fully saturated rings. The van der Waals surface area contributed by atoms with Crippen LogP contribution in [0.3, 0.4) is 0 Å². The van der Waals surface area contributed by atoms with E-state index in [1.54, 1.807) is 18.2 Å². The van der Waals surface area contributed by atoms with E-state index < -0.39 is 32.5 Å². The minimum absolute atomic E-state index is 0.0370. The largest absolute Gasteiger partial charge is 0.296 e. The Balaban J connectivity index is 1.55. The maximum atomic E-state index is 14.0. The Morgan fingerprint density at radius 3 is 2.79 bits per heavy atom. The number of anilines is 1. The van der Waals surface area contributed by atoms with E-state index in [1.807, 2.05) is 0 Å². The van der Waals surface area contributed by atoms with Gasteiger partial charge in [0.1, 0.15) is 22.2 Å². The number of pyridine rings is 1. The predicted octanol–water partition coefficient (Wildman–Crippen LogP) is 2.82. The molecule has 0 atom stereocenters. The molecule has 1 N–H and O–H groups in total. The summed E-state index contributed by atoms with van der Waals surface area (Å²) in [7, 11) is -4.21. The number of nitrogens with one attached hydrogen (secondary N) is 1. The summed E-state index contributed by atoms with van der Waals surface area (Å²) in [5, 5.41) is 2.97. The van der Waals surface area contributed by atoms with E-state index in [9.17, 15) is 22.0 Å². The zero-order valence-corrected chi connectivity index (χ0v) is 16.4. The van der Waals surface area contributed by atoms with Crippen LogP contribution in [0.25, 0.3) is 0 Å². The molecule has 29 heavy (non-hydrogen) atoms. The van der Waals surface area contributed by atoms with E-state index in [4.69, 9.17) is 0 Å². The molecule has 1 aromatic carbocycles. The van der Waals surface area contributed by atoms with Gasteiger partial charge in [0.05, 0.1) is 12.2 Å². The zero-order chi connectivity index (χ0) is 20.6. The second kappa shape index (κ2) is 7.58. The summed E-state index contributed by atoms with van der Waals surface area (Å²) in [4.78, 5) is 20.4. The average Bonchev–Trinajstić information content (AvgIpc) is 3.11. The predicted molar refractivity (Wildman–Crippen MR) is 102 cm³/mol. The number of fused-ring (bicyclic) bond motifs is 1. The van der Waals surface area contributed by atoms with Crippen LogP contribution < -0.4 is 5.32 Å². The number of amides is 1. The number of hydrogen-bond donors (Lipinski definition) is 1. The highest BCUT2D eigenvalue weighted by Gasteiger charge is 2.32. The molecule has 4 rings (SSSR count). The van der Waals surface area contributed by atoms with Crippen molar-refractivity contribution in [1.82, 2.24) is 14.3 Å². The molecule has 7 nitrogen and oxygen atoms in total. The first-order chi connectivity index (χ1) is 13.8. The van der Waals surface area contributed by atoms with Crippen molar-refractivity contribution in [1.29, 1.82) is 0 Å². The van der Waals surface area contributed by atoms with Crippen molar-refractivity contribution in [2.24, 2.45) is 0 Å². The van der Waals surface area contributed by atoms with E-state index in [0.29, 0.717) is 28.2 Å². The van der Waals surface area contributed by atoms with E-state index >= 15 is 0 Å². The molecule has 0 radical (unpaired) electrons. The molecule has 0 saturated carbocycles. The number of nitrogens with zero attached hydrogens (tertiary/aromatic N) is 3. The molecule has 1 aliphatic heterocycles. The molecule has 1 aliphatic rings. The van der Waals surface area contributed by atoms with E-state index in [1.165, 1.54) is 6.20 Å². The standard InChI is InChI=1S/C18H14F2N4O3S2/c19-11-4-5-12(20)16(9-11)29(26,27)24-8-6-13-15(10-24)28-18(22-13)23-17(25)14-3-1-2-7-21-14/h1-5,7,9H,6,8,10H2,(H,22,23,25). The van der Waals surface area contributed by atoms with Crippen LogP contribution in [0.4, 0.5) is 13.9 Å². The number of rotatable bonds is 4. The topological polar surface area (TPSA) is 92.3 Å². The molecule has 0 aliphatic carbocycles. The number of thiazole rings is 1. The summed E-state index contributed by atoms with van der Waals surface area (Å²) in [5.74, 6) is -2.27. The molecule has 1 amide bonds. The van der Waals surface area contributed by atoms with Crippen LogP contribution in [0.15, 0.2) is 47.5 Å². The Hall–Kier alpha value is -2.76. The lowest BCUT2D eigenvalue weighted by Crippen LogP contribution is -2.36. The smallest absolute Gasteiger partial charge is 0.276 e. The van der Waals surface area contributed by atoms with Gasteiger partial charge in [-0.05, 0) is 30.3 Å². The van der Waals surface area contributed by atoms with Gasteiger partial charge in [0, 0.05) is 24.0 Å². The van der Waals surface area contributed by atoms with Gasteiger partial charge in [-0.2, -0.15) is 4.31 Å². The lowest BCUT2D eigenvalue weighted by Gasteiger charge is -2.25. The summed E-state index contributed by atoms with van der Waals surface area (Å²) in [6.07, 6.45) is 1.79. The van der Waals surface area contributed by atoms with Gasteiger partial charge >= 0.3 is 0 Å². The molecule has 0 bridgehead atoms. The van der Waals surface area contributed by atoms with Crippen molar-refractivity contribution in [3.63, 3.8) is 0 Å². The number of halogens is 2. The number of carbonyl (C=O) groups excluding carboxylic acids is 1. The number of hydrogen-bond acceptors (Lipinski definition) is 6. The van der Waals surface area contributed by atoms with Crippen LogP contribution in [-0.2, 0) is 23.0 Å². The molecule has 11 heteroatoms. The molecule has 0 saturated heterocycles. The molecule has 2 aromatic heterocycles. The molecular formula is C18H14F2N4O3S2. The summed E-state index contributed by atoms with van der Waals surface area (Å²) < 4.78 is 54.0. The van der Waals surface area contributed by atoms with E-state index in [-0.39, 0.29) is 18.8 Å². The molecule has 3 aromatic rings. The van der Waals surface area contributed by atoms with Crippen molar-refractivity contribution >= 4 is 32.4 Å². The van der Waals surface area contributed by atoms with Crippen molar-refractivity contribution < 1.29 is 22.0 Å². The monoisotopic (exact) mass is 436 g/mol. The number of aromatic nitrogens is 2. The van der Waals surface area contributed by atoms with Crippen LogP contribution in [0.5, 0.6) is 0 Å². The highest BCUT2D eigenvalue weighted by Crippen LogP contribution is 2.32. The first-order valence-corrected chi connectivity index (χ1v) is 10.8. The third-order valence-corrected chi connectivity index (χ3v) is 7.18. The van der Waals surface area contributed by atoms with Crippen LogP contribution in [-0.4, -0.2) is 35.1 Å². The molecule has 0 unspecified atom stereocenters. The first kappa shape index (κ1) is 19.6. The maximum Gasteiger partial charge on any atom is 0.276 e. The van der Waals surface area contributed by atoms with Crippen LogP contribution in [0.2, 0.25) is 0 Å². The lowest BCUT2D eigenvalue weighted by molar-refractivity contribution is 0.102. The lowest BCUT2D eigenvalue weighted by atomic mass is 10.2. The summed E-state index contributed by atoms with van der Waals surface area (Å²) in [5.41, 5.74) is 0.893. The molecule has 150 valence electrons. The van der Waals surface area contributed by atoms with Gasteiger partial charge in [0.25, 0.3) is 5.91 Å². The Bertz CT molecular complexity index is 1180. The zero-order valence-electron chi connectivity index (χ0n) is 14.8. The van der Waals surface area contributed by atoms with Gasteiger partial charge in [0.2, 0.25) is 10.0 Å². The summed E-state index contributed by atoms with van der Waals surface area (Å²) in [6.45, 7) is 0.0351. The quantitative estimate of drug-likeness (QED) is 0.679. The van der Waals surface area contributed by atoms with Gasteiger partial charge in [-0.1, -0.05) is 6.07 Å². The van der Waals surface area contributed by atoms with Gasteiger partial charge in [-0.3, -0.25) is 15.1 Å². The highest BCUT2D eigenvalue weighted by molar-refractivity contribution is 7.89. The normalized spacial score (nSPS) is 14.4. The first-order valence-electron chi connectivity index (χ1n) is 8.51. The Labute approximate surface area is 169 Å². The maximum absolute atomic E-state index is 14.0. The highest BCUT2D eigenvalue weighted by atomic mass is 32.2. The molecule has 0 spiro atoms. The number of sulfonamides is 1. The Morgan fingerprint density at radius 1 is 1.21 bits per heavy atom. The summed E-state index contributed by atoms with van der Waals surface area (Å²) >= 11 is 1.14. The third-order valence-electron chi connectivity index (χ3n) is 4.33. The van der Waals surface area contributed by atoms with Gasteiger partial charge in [0.15, 0.2) is 5.13 Å². The van der Waals surface area contributed by atoms with Crippen molar-refractivity contribution in [3.05, 3.63) is 70.5 Å². The molecular weight excluding hydrogens is 422 g/mol. The number of benzene rings is 1. The van der Waals surface area contributed by atoms with Crippen molar-refractivity contribution in [2.45, 2.75) is 17.9 Å². The Kier molecular flexibility index (Phi) is 5.11. The fraction of sp³-hybridized carbons (Fsp3) is 0.167. The van der Waals surface area contributed by atoms with E-state index in [2.05, 4.69) is 15.3 Å². The van der Waals surface area contributed by atoms with E-state index in [0.717, 1.165) is 27.8 Å². The second-order valence-electron chi connectivity index (χ2n) is 6.22. The van der Waals surface area contributed by atoms with Crippen LogP contribution in [0.1, 0.15) is 21.1 Å². The summed E-state index contributed by atoms with van der Waals surface area (Å²) in [6, 6.07) is 7.26. The second-order valence-corrected chi connectivity index (χ2v) is 9.21. The minimum atomic E-state index is -4.21. The molecule has 3 heterocycles. The minimum Gasteiger partial charge on any atom is -0.296 e. The third kappa shape index (κ3) is 3.88. The van der Waals surface area contributed by atoms with Gasteiger partial charge in [-0.15, -0.1) is 11.3 Å². The average molecular weight is 436 g/mol. The van der Waals surface area contributed by atoms with Crippen LogP contribution >= 0.6 is 11.3 Å². The fourth-order valence-corrected chi connectivity index (χ4v) is 5.49. The van der Waals surface area contributed by atoms with Crippen molar-refractivity contribution in [2.75, 3.05) is 11.9 Å². The Morgan fingerprint density at radius 2 is 2.03 bits per heavy atom. The fourth-order valence-electron chi connectivity index (χ4n) is 2.90. The SMILES string of the molecule is O=C(Nc1nc2c(s1)CN(S(=O)(=O)c1cc(F)ccc1F)CC2)c1ccccn1. The van der Waals surface area contributed by atoms with Crippen LogP contribution in [0, 0.1) is 11.6 Å².